The zero-order valence-corrected chi connectivity index (χ0v) is 10.3. The van der Waals surface area contributed by atoms with Gasteiger partial charge in [-0.2, -0.15) is 0 Å². The van der Waals surface area contributed by atoms with Crippen molar-refractivity contribution in [1.82, 2.24) is 0 Å². The largest absolute Gasteiger partial charge is 2.00 e. The van der Waals surface area contributed by atoms with Crippen LogP contribution in [0.3, 0.4) is 0 Å². The molecule has 0 atom stereocenters. The minimum atomic E-state index is 0. The van der Waals surface area contributed by atoms with Gasteiger partial charge in [0.1, 0.15) is 0 Å². The summed E-state index contributed by atoms with van der Waals surface area (Å²) in [7, 11) is 3.30. The van der Waals surface area contributed by atoms with Crippen LogP contribution in [0.1, 0.15) is 0 Å². The summed E-state index contributed by atoms with van der Waals surface area (Å²) in [6, 6.07) is 0. The summed E-state index contributed by atoms with van der Waals surface area (Å²) in [6.07, 6.45) is 0. The molecule has 54 valence electrons. The summed E-state index contributed by atoms with van der Waals surface area (Å²) in [5.41, 5.74) is 0. The van der Waals surface area contributed by atoms with Gasteiger partial charge in [-0.3, -0.25) is 0 Å². The molecule has 0 heterocycles. The minimum absolute atomic E-state index is 0. The fraction of sp³-hybridized carbons (Fsp3) is 1.00. The topological polar surface area (TPSA) is 18.5 Å². The molecule has 0 saturated heterocycles. The second kappa shape index (κ2) is 22.6. The van der Waals surface area contributed by atoms with Gasteiger partial charge in [-0.15, -0.1) is 0 Å². The monoisotopic (exact) mass is 272 g/mol. The number of rotatable bonds is 3. The maximum atomic E-state index is 4.66. The quantitative estimate of drug-likeness (QED) is 0.377. The SMILES string of the molecule is COCCOC.[Br-].[Br-].[Mg+2]. The van der Waals surface area contributed by atoms with Crippen LogP contribution in [0.25, 0.3) is 0 Å². The third-order valence-corrected chi connectivity index (χ3v) is 0.492. The van der Waals surface area contributed by atoms with Crippen molar-refractivity contribution < 1.29 is 43.4 Å². The first-order valence-electron chi connectivity index (χ1n) is 1.89. The van der Waals surface area contributed by atoms with Crippen molar-refractivity contribution in [3.05, 3.63) is 0 Å². The molecular weight excluding hydrogens is 264 g/mol. The van der Waals surface area contributed by atoms with E-state index in [4.69, 9.17) is 0 Å². The molecule has 0 aromatic carbocycles. The Morgan fingerprint density at radius 2 is 1.11 bits per heavy atom. The van der Waals surface area contributed by atoms with Crippen molar-refractivity contribution in [2.45, 2.75) is 0 Å². The first-order valence-corrected chi connectivity index (χ1v) is 1.89. The predicted molar refractivity (Wildman–Crippen MR) is 29.5 cm³/mol. The summed E-state index contributed by atoms with van der Waals surface area (Å²) < 4.78 is 9.31. The van der Waals surface area contributed by atoms with E-state index in [2.05, 4.69) is 9.47 Å². The van der Waals surface area contributed by atoms with E-state index >= 15 is 0 Å². The van der Waals surface area contributed by atoms with E-state index in [0.29, 0.717) is 13.2 Å². The van der Waals surface area contributed by atoms with Gasteiger partial charge >= 0.3 is 23.1 Å². The van der Waals surface area contributed by atoms with Gasteiger partial charge in [0.15, 0.2) is 0 Å². The molecule has 2 nitrogen and oxygen atoms in total. The Bertz CT molecular complexity index is 28.5. The summed E-state index contributed by atoms with van der Waals surface area (Å²) in [4.78, 5) is 0. The first-order chi connectivity index (χ1) is 2.91. The number of hydrogen-bond donors (Lipinski definition) is 0. The van der Waals surface area contributed by atoms with Crippen molar-refractivity contribution >= 4 is 23.1 Å². The molecule has 0 aromatic heterocycles. The van der Waals surface area contributed by atoms with Gasteiger partial charge in [0.25, 0.3) is 0 Å². The van der Waals surface area contributed by atoms with Crippen molar-refractivity contribution in [2.75, 3.05) is 27.4 Å². The molecule has 0 aliphatic heterocycles. The van der Waals surface area contributed by atoms with Gasteiger partial charge in [-0.25, -0.2) is 0 Å². The van der Waals surface area contributed by atoms with E-state index in [-0.39, 0.29) is 57.0 Å². The second-order valence-corrected chi connectivity index (χ2v) is 0.986. The Kier molecular flexibility index (Phi) is 56.4. The van der Waals surface area contributed by atoms with E-state index in [0.717, 1.165) is 0 Å². The molecule has 0 aliphatic carbocycles. The van der Waals surface area contributed by atoms with Crippen molar-refractivity contribution in [3.63, 3.8) is 0 Å². The molecule has 0 aliphatic rings. The van der Waals surface area contributed by atoms with Gasteiger partial charge in [0.2, 0.25) is 0 Å². The van der Waals surface area contributed by atoms with Crippen LogP contribution >= 0.6 is 0 Å². The van der Waals surface area contributed by atoms with E-state index in [1.54, 1.807) is 14.2 Å². The molecule has 0 spiro atoms. The van der Waals surface area contributed by atoms with Gasteiger partial charge in [0, 0.05) is 14.2 Å². The molecule has 0 rings (SSSR count). The van der Waals surface area contributed by atoms with Crippen molar-refractivity contribution in [2.24, 2.45) is 0 Å². The average molecular weight is 274 g/mol. The van der Waals surface area contributed by atoms with Crippen LogP contribution in [0.5, 0.6) is 0 Å². The zero-order chi connectivity index (χ0) is 4.83. The number of methoxy groups -OCH3 is 2. The van der Waals surface area contributed by atoms with Crippen LogP contribution in [-0.2, 0) is 9.47 Å². The normalized spacial score (nSPS) is 6.00. The predicted octanol–water partition coefficient (Wildman–Crippen LogP) is -6.09. The fourth-order valence-corrected chi connectivity index (χ4v) is 0.167. The van der Waals surface area contributed by atoms with Crippen LogP contribution in [0.2, 0.25) is 0 Å². The molecule has 0 aromatic rings. The summed E-state index contributed by atoms with van der Waals surface area (Å²) >= 11 is 0. The molecule has 5 heteroatoms. The van der Waals surface area contributed by atoms with Gasteiger partial charge in [-0.05, 0) is 0 Å². The second-order valence-electron chi connectivity index (χ2n) is 0.986. The molecule has 9 heavy (non-hydrogen) atoms. The maximum Gasteiger partial charge on any atom is 2.00 e. The standard InChI is InChI=1S/C4H10O2.2BrH.Mg/c1-5-3-4-6-2;;;/h3-4H2,1-2H3;2*1H;/q;;;+2/p-2. The summed E-state index contributed by atoms with van der Waals surface area (Å²) in [5.74, 6) is 0. The van der Waals surface area contributed by atoms with E-state index in [1.807, 2.05) is 0 Å². The van der Waals surface area contributed by atoms with Crippen LogP contribution in [0.4, 0.5) is 0 Å². The van der Waals surface area contributed by atoms with Crippen LogP contribution in [-0.4, -0.2) is 50.5 Å². The third kappa shape index (κ3) is 26.1. The van der Waals surface area contributed by atoms with Crippen LogP contribution < -0.4 is 34.0 Å². The Morgan fingerprint density at radius 3 is 1.22 bits per heavy atom. The van der Waals surface area contributed by atoms with E-state index in [9.17, 15) is 0 Å². The maximum absolute atomic E-state index is 4.66. The smallest absolute Gasteiger partial charge is 1.00 e. The summed E-state index contributed by atoms with van der Waals surface area (Å²) in [5, 5.41) is 0. The molecular formula is C4H10Br2MgO2. The van der Waals surface area contributed by atoms with Crippen LogP contribution in [0, 0.1) is 0 Å². The Morgan fingerprint density at radius 1 is 0.889 bits per heavy atom. The molecule has 0 radical (unpaired) electrons. The Balaban J connectivity index is -0.0000000417. The van der Waals surface area contributed by atoms with Crippen molar-refractivity contribution in [3.8, 4) is 0 Å². The Hall–Kier alpha value is 1.65. The van der Waals surface area contributed by atoms with Crippen molar-refractivity contribution in [1.29, 1.82) is 0 Å². The number of hydrogen-bond acceptors (Lipinski definition) is 2. The van der Waals surface area contributed by atoms with Crippen LogP contribution in [0.15, 0.2) is 0 Å². The van der Waals surface area contributed by atoms with E-state index in [1.165, 1.54) is 0 Å². The molecule has 0 saturated carbocycles. The molecule has 0 unspecified atom stereocenters. The molecule has 0 fully saturated rings. The molecule has 0 amide bonds. The van der Waals surface area contributed by atoms with Gasteiger partial charge in [0.05, 0.1) is 13.2 Å². The number of halogens is 2. The van der Waals surface area contributed by atoms with E-state index < -0.39 is 0 Å². The fourth-order valence-electron chi connectivity index (χ4n) is 0.167. The number of ether oxygens (including phenoxy) is 2. The molecule has 0 N–H and O–H groups in total. The van der Waals surface area contributed by atoms with Gasteiger partial charge in [-0.1, -0.05) is 0 Å². The first kappa shape index (κ1) is 22.4. The summed E-state index contributed by atoms with van der Waals surface area (Å²) in [6.45, 7) is 1.38. The Labute approximate surface area is 93.4 Å². The molecule has 0 bridgehead atoms. The average Bonchev–Trinajstić information content (AvgIpc) is 1.61. The third-order valence-electron chi connectivity index (χ3n) is 0.492. The zero-order valence-electron chi connectivity index (χ0n) is 5.69. The van der Waals surface area contributed by atoms with Gasteiger partial charge < -0.3 is 43.4 Å². The minimum Gasteiger partial charge on any atom is -1.00 e.